The van der Waals surface area contributed by atoms with Crippen LogP contribution in [0.5, 0.6) is 0 Å². The molecular weight excluding hydrogens is 346 g/mol. The van der Waals surface area contributed by atoms with E-state index in [4.69, 9.17) is 24.7 Å². The number of amides is 1. The van der Waals surface area contributed by atoms with E-state index in [1.54, 1.807) is 12.0 Å². The van der Waals surface area contributed by atoms with E-state index in [-0.39, 0.29) is 24.1 Å². The number of carbonyl (C=O) groups is 1. The van der Waals surface area contributed by atoms with E-state index >= 15 is 0 Å². The Hall–Kier alpha value is -3.03. The highest BCUT2D eigenvalue weighted by molar-refractivity contribution is 5.68. The number of hydrogen-bond donors (Lipinski definition) is 0. The van der Waals surface area contributed by atoms with Gasteiger partial charge in [-0.1, -0.05) is 30.3 Å². The van der Waals surface area contributed by atoms with Gasteiger partial charge in [0.05, 0.1) is 19.8 Å². The van der Waals surface area contributed by atoms with Crippen molar-refractivity contribution in [2.45, 2.75) is 25.5 Å². The van der Waals surface area contributed by atoms with Crippen LogP contribution in [0.4, 0.5) is 4.79 Å². The number of nitriles is 2. The maximum absolute atomic E-state index is 12.7. The number of allylic oxidation sites excluding steroid dienone is 1. The van der Waals surface area contributed by atoms with Crippen LogP contribution >= 0.6 is 0 Å². The van der Waals surface area contributed by atoms with Crippen LogP contribution in [0.25, 0.3) is 0 Å². The molecule has 0 bridgehead atoms. The number of hydrogen-bond acceptors (Lipinski definition) is 6. The van der Waals surface area contributed by atoms with Gasteiger partial charge in [-0.3, -0.25) is 0 Å². The molecule has 0 aromatic heterocycles. The Balaban J connectivity index is 2.14. The molecule has 7 heteroatoms. The molecule has 1 aromatic rings. The van der Waals surface area contributed by atoms with Crippen molar-refractivity contribution in [1.82, 2.24) is 4.90 Å². The number of methoxy groups -OCH3 is 2. The molecule has 1 heterocycles. The zero-order chi connectivity index (χ0) is 19.6. The van der Waals surface area contributed by atoms with Gasteiger partial charge in [-0.2, -0.15) is 10.5 Å². The fourth-order valence-corrected chi connectivity index (χ4v) is 3.24. The molecule has 2 rings (SSSR count). The summed E-state index contributed by atoms with van der Waals surface area (Å²) < 4.78 is 16.0. The smallest absolute Gasteiger partial charge is 0.410 e. The summed E-state index contributed by atoms with van der Waals surface area (Å²) >= 11 is 0. The van der Waals surface area contributed by atoms with Crippen LogP contribution in [0.2, 0.25) is 0 Å². The minimum Gasteiger partial charge on any atom is -0.499 e. The number of piperidine rings is 1. The second-order valence-corrected chi connectivity index (χ2v) is 6.24. The van der Waals surface area contributed by atoms with E-state index in [2.05, 4.69) is 0 Å². The average molecular weight is 369 g/mol. The number of benzene rings is 1. The minimum atomic E-state index is -0.448. The van der Waals surface area contributed by atoms with Crippen molar-refractivity contribution in [1.29, 1.82) is 10.5 Å². The molecule has 0 aliphatic carbocycles. The molecule has 0 radical (unpaired) electrons. The fourth-order valence-electron chi connectivity index (χ4n) is 3.24. The number of ether oxygens (including phenoxy) is 3. The summed E-state index contributed by atoms with van der Waals surface area (Å²) in [5, 5.41) is 18.3. The summed E-state index contributed by atoms with van der Waals surface area (Å²) in [6.45, 7) is 0.870. The Labute approximate surface area is 159 Å². The first kappa shape index (κ1) is 20.3. The first-order chi connectivity index (χ1) is 13.1. The molecule has 7 nitrogen and oxygen atoms in total. The maximum Gasteiger partial charge on any atom is 0.410 e. The second kappa shape index (κ2) is 10.2. The lowest BCUT2D eigenvalue weighted by Gasteiger charge is -2.38. The molecule has 1 fully saturated rings. The molecular formula is C20H23N3O4. The molecule has 142 valence electrons. The third-order valence-corrected chi connectivity index (χ3v) is 4.57. The van der Waals surface area contributed by atoms with E-state index in [0.29, 0.717) is 31.8 Å². The highest BCUT2D eigenvalue weighted by Gasteiger charge is 2.35. The normalized spacial score (nSPS) is 18.7. The van der Waals surface area contributed by atoms with Gasteiger partial charge in [0.25, 0.3) is 0 Å². The summed E-state index contributed by atoms with van der Waals surface area (Å²) in [7, 11) is 3.02. The van der Waals surface area contributed by atoms with Crippen LogP contribution in [0, 0.1) is 28.6 Å². The summed E-state index contributed by atoms with van der Waals surface area (Å²) in [6, 6.07) is 13.0. The Kier molecular flexibility index (Phi) is 7.66. The molecule has 1 aliphatic heterocycles. The van der Waals surface area contributed by atoms with E-state index in [0.717, 1.165) is 5.56 Å². The summed E-state index contributed by atoms with van der Waals surface area (Å²) in [4.78, 5) is 14.3. The summed E-state index contributed by atoms with van der Waals surface area (Å²) in [5.41, 5.74) is 0.835. The van der Waals surface area contributed by atoms with Gasteiger partial charge >= 0.3 is 6.09 Å². The zero-order valence-electron chi connectivity index (χ0n) is 15.6. The number of rotatable bonds is 6. The molecule has 0 saturated carbocycles. The molecule has 0 spiro atoms. The van der Waals surface area contributed by atoms with Crippen molar-refractivity contribution >= 4 is 6.09 Å². The molecule has 27 heavy (non-hydrogen) atoms. The number of nitrogens with zero attached hydrogens (tertiary/aromatic N) is 3. The van der Waals surface area contributed by atoms with Crippen LogP contribution < -0.4 is 0 Å². The second-order valence-electron chi connectivity index (χ2n) is 6.24. The minimum absolute atomic E-state index is 0.0645. The molecule has 2 unspecified atom stereocenters. The highest BCUT2D eigenvalue weighted by Crippen LogP contribution is 2.30. The van der Waals surface area contributed by atoms with Gasteiger partial charge in [-0.05, 0) is 18.4 Å². The van der Waals surface area contributed by atoms with E-state index in [1.807, 2.05) is 42.5 Å². The first-order valence-corrected chi connectivity index (χ1v) is 8.69. The number of carbonyl (C=O) groups excluding carboxylic acids is 1. The molecule has 0 N–H and O–H groups in total. The Bertz CT molecular complexity index is 733. The summed E-state index contributed by atoms with van der Waals surface area (Å²) in [6.07, 6.45) is 0.902. The molecule has 1 aromatic carbocycles. The molecule has 1 aliphatic rings. The van der Waals surface area contributed by atoms with Crippen LogP contribution in [0.1, 0.15) is 18.4 Å². The Morgan fingerprint density at radius 1 is 1.19 bits per heavy atom. The standard InChI is InChI=1S/C20H23N3O4/c1-25-14-18-9-8-16(19(26-2)17(10-21)11-22)12-23(18)20(24)27-13-15-6-4-3-5-7-15/h3-7,16,18H,8-9,12-14H2,1-2H3. The fraction of sp³-hybridized carbons (Fsp3) is 0.450. The lowest BCUT2D eigenvalue weighted by atomic mass is 9.90. The predicted octanol–water partition coefficient (Wildman–Crippen LogP) is 3.00. The van der Waals surface area contributed by atoms with Gasteiger partial charge in [0, 0.05) is 19.6 Å². The van der Waals surface area contributed by atoms with Crippen LogP contribution in [0.3, 0.4) is 0 Å². The predicted molar refractivity (Wildman–Crippen MR) is 97.0 cm³/mol. The maximum atomic E-state index is 12.7. The summed E-state index contributed by atoms with van der Waals surface area (Å²) in [5.74, 6) is 0.0819. The van der Waals surface area contributed by atoms with Gasteiger partial charge < -0.3 is 19.1 Å². The van der Waals surface area contributed by atoms with E-state index in [9.17, 15) is 4.79 Å². The average Bonchev–Trinajstić information content (AvgIpc) is 2.71. The quantitative estimate of drug-likeness (QED) is 0.565. The van der Waals surface area contributed by atoms with Gasteiger partial charge in [0.2, 0.25) is 0 Å². The van der Waals surface area contributed by atoms with Gasteiger partial charge in [0.1, 0.15) is 24.5 Å². The van der Waals surface area contributed by atoms with Gasteiger partial charge in [-0.25, -0.2) is 4.79 Å². The van der Waals surface area contributed by atoms with Crippen molar-refractivity contribution in [3.05, 3.63) is 47.2 Å². The lowest BCUT2D eigenvalue weighted by molar-refractivity contribution is 0.0235. The van der Waals surface area contributed by atoms with Crippen molar-refractivity contribution in [3.8, 4) is 12.1 Å². The highest BCUT2D eigenvalue weighted by atomic mass is 16.6. The topological polar surface area (TPSA) is 95.6 Å². The van der Waals surface area contributed by atoms with Crippen molar-refractivity contribution in [2.75, 3.05) is 27.4 Å². The first-order valence-electron chi connectivity index (χ1n) is 8.69. The van der Waals surface area contributed by atoms with Crippen LogP contribution in [-0.2, 0) is 20.8 Å². The van der Waals surface area contributed by atoms with Gasteiger partial charge in [0.15, 0.2) is 5.57 Å². The van der Waals surface area contributed by atoms with E-state index < -0.39 is 6.09 Å². The Morgan fingerprint density at radius 3 is 2.48 bits per heavy atom. The van der Waals surface area contributed by atoms with Crippen molar-refractivity contribution < 1.29 is 19.0 Å². The van der Waals surface area contributed by atoms with Crippen LogP contribution in [-0.4, -0.2) is 44.4 Å². The van der Waals surface area contributed by atoms with E-state index in [1.165, 1.54) is 7.11 Å². The third-order valence-electron chi connectivity index (χ3n) is 4.57. The van der Waals surface area contributed by atoms with Crippen molar-refractivity contribution in [2.24, 2.45) is 5.92 Å². The zero-order valence-corrected chi connectivity index (χ0v) is 15.6. The largest absolute Gasteiger partial charge is 0.499 e. The molecule has 1 amide bonds. The van der Waals surface area contributed by atoms with Gasteiger partial charge in [-0.15, -0.1) is 0 Å². The molecule has 2 atom stereocenters. The SMILES string of the molecule is COCC1CCC(C(OC)=C(C#N)C#N)CN1C(=O)OCc1ccccc1. The van der Waals surface area contributed by atoms with Crippen LogP contribution in [0.15, 0.2) is 41.7 Å². The lowest BCUT2D eigenvalue weighted by Crippen LogP contribution is -2.49. The Morgan fingerprint density at radius 2 is 1.89 bits per heavy atom. The van der Waals surface area contributed by atoms with Crippen molar-refractivity contribution in [3.63, 3.8) is 0 Å². The number of likely N-dealkylation sites (tertiary alicyclic amines) is 1. The molecule has 1 saturated heterocycles. The monoisotopic (exact) mass is 369 g/mol. The third kappa shape index (κ3) is 5.22.